The fourth-order valence-corrected chi connectivity index (χ4v) is 3.72. The number of nitrogens with one attached hydrogen (secondary N) is 1. The Hall–Kier alpha value is -1.72. The summed E-state index contributed by atoms with van der Waals surface area (Å²) < 4.78 is 27.0. The van der Waals surface area contributed by atoms with Crippen LogP contribution in [0, 0.1) is 10.1 Å². The van der Waals surface area contributed by atoms with Crippen LogP contribution in [0.3, 0.4) is 0 Å². The number of nitrogens with two attached hydrogens (primary N) is 1. The summed E-state index contributed by atoms with van der Waals surface area (Å²) in [4.78, 5) is 13.6. The lowest BCUT2D eigenvalue weighted by molar-refractivity contribution is -0.383. The van der Waals surface area contributed by atoms with Crippen LogP contribution in [0.5, 0.6) is 0 Å². The zero-order valence-electron chi connectivity index (χ0n) is 9.61. The normalized spacial score (nSPS) is 11.2. The number of nitro groups is 1. The van der Waals surface area contributed by atoms with Crippen molar-refractivity contribution < 1.29 is 13.3 Å². The van der Waals surface area contributed by atoms with Gasteiger partial charge in [-0.3, -0.25) is 14.8 Å². The number of nitro benzene ring substituents is 1. The highest BCUT2D eigenvalue weighted by Gasteiger charge is 2.20. The molecule has 0 saturated heterocycles. The number of halogens is 1. The van der Waals surface area contributed by atoms with Crippen molar-refractivity contribution in [2.24, 2.45) is 0 Å². The first-order valence-corrected chi connectivity index (χ1v) is 8.07. The van der Waals surface area contributed by atoms with Crippen molar-refractivity contribution in [1.82, 2.24) is 4.98 Å². The molecule has 0 aliphatic carbocycles. The predicted molar refractivity (Wildman–Crippen MR) is 78.1 cm³/mol. The molecule has 0 fully saturated rings. The summed E-state index contributed by atoms with van der Waals surface area (Å²) >= 11 is 4.26. The lowest BCUT2D eigenvalue weighted by Gasteiger charge is -2.06. The molecule has 3 N–H and O–H groups in total. The summed E-state index contributed by atoms with van der Waals surface area (Å²) in [5.41, 5.74) is 4.89. The second-order valence-corrected chi connectivity index (χ2v) is 7.65. The molecule has 8 nitrogen and oxygen atoms in total. The van der Waals surface area contributed by atoms with Gasteiger partial charge in [0, 0.05) is 6.07 Å². The van der Waals surface area contributed by atoms with Gasteiger partial charge in [0.25, 0.3) is 15.7 Å². The zero-order valence-corrected chi connectivity index (χ0v) is 12.8. The van der Waals surface area contributed by atoms with E-state index in [-0.39, 0.29) is 21.4 Å². The van der Waals surface area contributed by atoms with Gasteiger partial charge < -0.3 is 5.73 Å². The number of aromatic nitrogens is 1. The van der Waals surface area contributed by atoms with E-state index < -0.39 is 14.9 Å². The molecule has 0 bridgehead atoms. The van der Waals surface area contributed by atoms with E-state index in [1.807, 2.05) is 0 Å². The van der Waals surface area contributed by atoms with Crippen molar-refractivity contribution in [3.63, 3.8) is 0 Å². The highest BCUT2D eigenvalue weighted by Crippen LogP contribution is 2.28. The van der Waals surface area contributed by atoms with E-state index in [2.05, 4.69) is 25.6 Å². The second kappa shape index (κ2) is 5.34. The Bertz CT molecular complexity index is 774. The average Bonchev–Trinajstić information content (AvgIpc) is 2.73. The summed E-state index contributed by atoms with van der Waals surface area (Å²) in [6.07, 6.45) is 1.45. The van der Waals surface area contributed by atoms with Gasteiger partial charge in [-0.15, -0.1) is 0 Å². The van der Waals surface area contributed by atoms with Gasteiger partial charge in [-0.05, 0) is 28.1 Å². The SMILES string of the molecule is Nc1cc(S(=O)(=O)Nc2ncc(Br)s2)ccc1[N+](=O)[O-]. The molecule has 11 heteroatoms. The van der Waals surface area contributed by atoms with Crippen molar-refractivity contribution in [3.8, 4) is 0 Å². The lowest BCUT2D eigenvalue weighted by Crippen LogP contribution is -2.13. The first-order chi connectivity index (χ1) is 9.29. The lowest BCUT2D eigenvalue weighted by atomic mass is 10.3. The first-order valence-electron chi connectivity index (χ1n) is 4.97. The van der Waals surface area contributed by atoms with E-state index in [0.29, 0.717) is 3.79 Å². The third kappa shape index (κ3) is 3.05. The van der Waals surface area contributed by atoms with Crippen LogP contribution in [-0.4, -0.2) is 18.3 Å². The molecular weight excluding hydrogens is 372 g/mol. The number of sulfonamides is 1. The Morgan fingerprint density at radius 1 is 1.45 bits per heavy atom. The van der Waals surface area contributed by atoms with E-state index in [1.165, 1.54) is 6.20 Å². The third-order valence-electron chi connectivity index (χ3n) is 2.21. The molecule has 0 amide bonds. The Morgan fingerprint density at radius 3 is 2.65 bits per heavy atom. The van der Waals surface area contributed by atoms with Crippen LogP contribution in [0.2, 0.25) is 0 Å². The van der Waals surface area contributed by atoms with E-state index in [0.717, 1.165) is 29.5 Å². The molecule has 20 heavy (non-hydrogen) atoms. The zero-order chi connectivity index (χ0) is 14.9. The molecule has 1 aromatic heterocycles. The first kappa shape index (κ1) is 14.7. The van der Waals surface area contributed by atoms with Gasteiger partial charge in [0.05, 0.1) is 19.8 Å². The summed E-state index contributed by atoms with van der Waals surface area (Å²) in [6.45, 7) is 0. The van der Waals surface area contributed by atoms with Crippen LogP contribution in [-0.2, 0) is 10.0 Å². The number of thiazole rings is 1. The minimum absolute atomic E-state index is 0.174. The molecule has 0 aliphatic heterocycles. The van der Waals surface area contributed by atoms with Crippen molar-refractivity contribution >= 4 is 53.8 Å². The molecule has 0 unspecified atom stereocenters. The summed E-state index contributed by atoms with van der Waals surface area (Å²) in [5.74, 6) is 0. The number of rotatable bonds is 4. The van der Waals surface area contributed by atoms with Crippen LogP contribution >= 0.6 is 27.3 Å². The van der Waals surface area contributed by atoms with Crippen LogP contribution in [0.25, 0.3) is 0 Å². The molecule has 0 aliphatic rings. The maximum atomic E-state index is 12.1. The number of hydrogen-bond donors (Lipinski definition) is 2. The van der Waals surface area contributed by atoms with E-state index in [4.69, 9.17) is 5.73 Å². The molecule has 1 aromatic carbocycles. The Morgan fingerprint density at radius 2 is 2.15 bits per heavy atom. The van der Waals surface area contributed by atoms with Crippen LogP contribution in [0.1, 0.15) is 0 Å². The predicted octanol–water partition coefficient (Wildman–Crippen LogP) is 2.20. The van der Waals surface area contributed by atoms with Gasteiger partial charge in [0.1, 0.15) is 5.69 Å². The summed E-state index contributed by atoms with van der Waals surface area (Å²) in [6, 6.07) is 3.18. The van der Waals surface area contributed by atoms with E-state index in [9.17, 15) is 18.5 Å². The van der Waals surface area contributed by atoms with E-state index >= 15 is 0 Å². The van der Waals surface area contributed by atoms with Crippen LogP contribution < -0.4 is 10.5 Å². The number of hydrogen-bond acceptors (Lipinski definition) is 7. The van der Waals surface area contributed by atoms with Crippen LogP contribution in [0.4, 0.5) is 16.5 Å². The summed E-state index contributed by atoms with van der Waals surface area (Å²) in [7, 11) is -3.89. The van der Waals surface area contributed by atoms with Crippen LogP contribution in [0.15, 0.2) is 33.1 Å². The molecule has 0 atom stereocenters. The van der Waals surface area contributed by atoms with Gasteiger partial charge in [0.2, 0.25) is 0 Å². The molecule has 0 saturated carbocycles. The molecule has 1 heterocycles. The summed E-state index contributed by atoms with van der Waals surface area (Å²) in [5, 5.41) is 10.8. The molecule has 0 radical (unpaired) electrons. The van der Waals surface area contributed by atoms with E-state index in [1.54, 1.807) is 0 Å². The topological polar surface area (TPSA) is 128 Å². The molecular formula is C9H7BrN4O4S2. The van der Waals surface area contributed by atoms with Gasteiger partial charge in [0.15, 0.2) is 5.13 Å². The Kier molecular flexibility index (Phi) is 3.92. The van der Waals surface area contributed by atoms with Gasteiger partial charge in [-0.2, -0.15) is 0 Å². The van der Waals surface area contributed by atoms with Crippen molar-refractivity contribution in [1.29, 1.82) is 0 Å². The number of nitrogen functional groups attached to an aromatic ring is 1. The maximum absolute atomic E-state index is 12.1. The van der Waals surface area contributed by atoms with Gasteiger partial charge in [-0.1, -0.05) is 11.3 Å². The fraction of sp³-hybridized carbons (Fsp3) is 0. The minimum atomic E-state index is -3.89. The molecule has 2 rings (SSSR count). The smallest absolute Gasteiger partial charge is 0.292 e. The Labute approximate surface area is 126 Å². The highest BCUT2D eigenvalue weighted by atomic mass is 79.9. The van der Waals surface area contributed by atoms with Crippen molar-refractivity contribution in [2.75, 3.05) is 10.5 Å². The number of benzene rings is 1. The quantitative estimate of drug-likeness (QED) is 0.476. The second-order valence-electron chi connectivity index (χ2n) is 3.55. The standard InChI is InChI=1S/C9H7BrN4O4S2/c10-8-4-12-9(19-8)13-20(17,18)5-1-2-7(14(15)16)6(11)3-5/h1-4H,11H2,(H,12,13). The molecule has 2 aromatic rings. The number of nitrogens with zero attached hydrogens (tertiary/aromatic N) is 2. The average molecular weight is 379 g/mol. The fourth-order valence-electron chi connectivity index (χ4n) is 1.34. The molecule has 0 spiro atoms. The molecule has 106 valence electrons. The Balaban J connectivity index is 2.35. The van der Waals surface area contributed by atoms with Crippen molar-refractivity contribution in [3.05, 3.63) is 38.3 Å². The third-order valence-corrected chi connectivity index (χ3v) is 5.06. The maximum Gasteiger partial charge on any atom is 0.292 e. The highest BCUT2D eigenvalue weighted by molar-refractivity contribution is 9.11. The van der Waals surface area contributed by atoms with Gasteiger partial charge >= 0.3 is 0 Å². The monoisotopic (exact) mass is 378 g/mol. The van der Waals surface area contributed by atoms with Crippen molar-refractivity contribution in [2.45, 2.75) is 4.90 Å². The minimum Gasteiger partial charge on any atom is -0.393 e. The van der Waals surface area contributed by atoms with Gasteiger partial charge in [-0.25, -0.2) is 13.4 Å². The number of anilines is 2. The largest absolute Gasteiger partial charge is 0.393 e.